The normalized spacial score (nSPS) is 10.8. The van der Waals surface area contributed by atoms with Crippen molar-refractivity contribution in [2.24, 2.45) is 0 Å². The zero-order valence-electron chi connectivity index (χ0n) is 19.7. The number of unbranched alkanes of at least 4 members (excludes halogenated alkanes) is 1. The summed E-state index contributed by atoms with van der Waals surface area (Å²) in [6, 6.07) is 22.0. The molecule has 0 saturated carbocycles. The molecule has 0 aliphatic rings. The van der Waals surface area contributed by atoms with Crippen molar-refractivity contribution in [2.45, 2.75) is 24.7 Å². The summed E-state index contributed by atoms with van der Waals surface area (Å²) in [6.45, 7) is 2.82. The van der Waals surface area contributed by atoms with E-state index in [9.17, 15) is 0 Å². The van der Waals surface area contributed by atoms with E-state index in [-0.39, 0.29) is 0 Å². The lowest BCUT2D eigenvalue weighted by molar-refractivity contribution is 0.309. The summed E-state index contributed by atoms with van der Waals surface area (Å²) in [5.74, 6) is 4.78. The molecule has 0 bridgehead atoms. The van der Waals surface area contributed by atoms with Gasteiger partial charge in [0.1, 0.15) is 17.2 Å². The van der Waals surface area contributed by atoms with E-state index < -0.39 is 0 Å². The van der Waals surface area contributed by atoms with Crippen molar-refractivity contribution in [3.63, 3.8) is 0 Å². The van der Waals surface area contributed by atoms with Crippen molar-refractivity contribution in [2.75, 3.05) is 26.6 Å². The van der Waals surface area contributed by atoms with Crippen LogP contribution in [-0.4, -0.2) is 31.6 Å². The fourth-order valence-corrected chi connectivity index (χ4v) is 4.47. The summed E-state index contributed by atoms with van der Waals surface area (Å²) < 4.78 is 22.8. The van der Waals surface area contributed by atoms with Gasteiger partial charge in [-0.25, -0.2) is 0 Å². The minimum absolute atomic E-state index is 0.641. The SMILES string of the molecule is COc1cc2nccc(Oc3ccc(SCCCCOc4cccc(C)c4)cc3)c2cc1OC. The number of nitrogens with zero attached hydrogens (tertiary/aromatic N) is 1. The Morgan fingerprint density at radius 3 is 2.35 bits per heavy atom. The standard InChI is InChI=1S/C28H29NO4S/c1-20-7-6-8-22(17-20)32-15-4-5-16-34-23-11-9-21(10-12-23)33-26-13-14-29-25-19-28(31-3)27(30-2)18-24(25)26/h6-14,17-19H,4-5,15-16H2,1-3H3. The quantitative estimate of drug-likeness (QED) is 0.167. The number of aromatic nitrogens is 1. The highest BCUT2D eigenvalue weighted by molar-refractivity contribution is 7.99. The first-order valence-electron chi connectivity index (χ1n) is 11.3. The molecule has 34 heavy (non-hydrogen) atoms. The third-order valence-electron chi connectivity index (χ3n) is 5.32. The number of hydrogen-bond acceptors (Lipinski definition) is 6. The molecule has 0 fully saturated rings. The van der Waals surface area contributed by atoms with E-state index in [2.05, 4.69) is 36.2 Å². The number of benzene rings is 3. The maximum Gasteiger partial charge on any atom is 0.162 e. The number of ether oxygens (including phenoxy) is 4. The Morgan fingerprint density at radius 1 is 0.794 bits per heavy atom. The second-order valence-corrected chi connectivity index (χ2v) is 9.00. The highest BCUT2D eigenvalue weighted by atomic mass is 32.2. The van der Waals surface area contributed by atoms with Crippen LogP contribution >= 0.6 is 11.8 Å². The van der Waals surface area contributed by atoms with Crippen molar-refractivity contribution in [1.29, 1.82) is 0 Å². The Hall–Kier alpha value is -3.38. The Labute approximate surface area is 205 Å². The second kappa shape index (κ2) is 11.7. The number of methoxy groups -OCH3 is 2. The van der Waals surface area contributed by atoms with Crippen LogP contribution in [-0.2, 0) is 0 Å². The molecule has 0 saturated heterocycles. The number of thioether (sulfide) groups is 1. The zero-order valence-corrected chi connectivity index (χ0v) is 20.6. The van der Waals surface area contributed by atoms with Gasteiger partial charge in [-0.05, 0) is 79.6 Å². The number of aryl methyl sites for hydroxylation is 1. The first-order chi connectivity index (χ1) is 16.7. The molecule has 0 amide bonds. The molecule has 176 valence electrons. The number of hydrogen-bond donors (Lipinski definition) is 0. The molecular formula is C28H29NO4S. The highest BCUT2D eigenvalue weighted by Gasteiger charge is 2.11. The van der Waals surface area contributed by atoms with Gasteiger partial charge in [0.05, 0.1) is 26.3 Å². The summed E-state index contributed by atoms with van der Waals surface area (Å²) in [6.07, 6.45) is 3.87. The van der Waals surface area contributed by atoms with Gasteiger partial charge in [0.2, 0.25) is 0 Å². The first kappa shape index (κ1) is 23.8. The summed E-state index contributed by atoms with van der Waals surface area (Å²) in [4.78, 5) is 5.65. The molecule has 5 nitrogen and oxygen atoms in total. The molecule has 0 N–H and O–H groups in total. The third kappa shape index (κ3) is 6.14. The van der Waals surface area contributed by atoms with Crippen molar-refractivity contribution in [3.8, 4) is 28.7 Å². The molecule has 6 heteroatoms. The van der Waals surface area contributed by atoms with E-state index in [1.807, 2.05) is 54.2 Å². The monoisotopic (exact) mass is 475 g/mol. The van der Waals surface area contributed by atoms with E-state index in [1.54, 1.807) is 20.4 Å². The van der Waals surface area contributed by atoms with Gasteiger partial charge < -0.3 is 18.9 Å². The first-order valence-corrected chi connectivity index (χ1v) is 12.3. The van der Waals surface area contributed by atoms with Crippen molar-refractivity contribution < 1.29 is 18.9 Å². The number of fused-ring (bicyclic) bond motifs is 1. The van der Waals surface area contributed by atoms with Crippen LogP contribution in [0.5, 0.6) is 28.7 Å². The van der Waals surface area contributed by atoms with Gasteiger partial charge in [-0.15, -0.1) is 11.8 Å². The largest absolute Gasteiger partial charge is 0.494 e. The molecule has 0 aliphatic carbocycles. The van der Waals surface area contributed by atoms with E-state index in [4.69, 9.17) is 18.9 Å². The summed E-state index contributed by atoms with van der Waals surface area (Å²) >= 11 is 1.84. The molecule has 0 radical (unpaired) electrons. The minimum atomic E-state index is 0.641. The van der Waals surface area contributed by atoms with Gasteiger partial charge in [0.15, 0.2) is 11.5 Å². The van der Waals surface area contributed by atoms with Crippen molar-refractivity contribution in [1.82, 2.24) is 4.98 Å². The molecule has 0 unspecified atom stereocenters. The predicted octanol–water partition coefficient (Wildman–Crippen LogP) is 7.30. The summed E-state index contributed by atoms with van der Waals surface area (Å²) in [5.41, 5.74) is 2.01. The minimum Gasteiger partial charge on any atom is -0.494 e. The molecule has 0 aliphatic heterocycles. The molecule has 1 aromatic heterocycles. The van der Waals surface area contributed by atoms with Gasteiger partial charge in [0, 0.05) is 22.5 Å². The zero-order chi connectivity index (χ0) is 23.8. The van der Waals surface area contributed by atoms with Gasteiger partial charge in [-0.2, -0.15) is 0 Å². The Kier molecular flexibility index (Phi) is 8.15. The predicted molar refractivity (Wildman–Crippen MR) is 138 cm³/mol. The molecule has 4 rings (SSSR count). The number of pyridine rings is 1. The van der Waals surface area contributed by atoms with Gasteiger partial charge in [0.25, 0.3) is 0 Å². The topological polar surface area (TPSA) is 49.8 Å². The molecular weight excluding hydrogens is 446 g/mol. The van der Waals surface area contributed by atoms with E-state index in [1.165, 1.54) is 10.5 Å². The van der Waals surface area contributed by atoms with E-state index in [0.29, 0.717) is 11.5 Å². The van der Waals surface area contributed by atoms with Crippen LogP contribution in [0.25, 0.3) is 10.9 Å². The molecule has 0 atom stereocenters. The Bertz CT molecular complexity index is 1230. The van der Waals surface area contributed by atoms with E-state index in [0.717, 1.165) is 53.4 Å². The Morgan fingerprint density at radius 2 is 1.59 bits per heavy atom. The molecule has 1 heterocycles. The fourth-order valence-electron chi connectivity index (χ4n) is 3.56. The van der Waals surface area contributed by atoms with Crippen molar-refractivity contribution in [3.05, 3.63) is 78.5 Å². The van der Waals surface area contributed by atoms with Crippen LogP contribution in [0.15, 0.2) is 77.8 Å². The number of rotatable bonds is 11. The lowest BCUT2D eigenvalue weighted by Gasteiger charge is -2.12. The van der Waals surface area contributed by atoms with Crippen LogP contribution < -0.4 is 18.9 Å². The molecule has 4 aromatic rings. The van der Waals surface area contributed by atoms with Crippen LogP contribution in [0.4, 0.5) is 0 Å². The van der Waals surface area contributed by atoms with Crippen LogP contribution in [0.2, 0.25) is 0 Å². The summed E-state index contributed by atoms with van der Waals surface area (Å²) in [7, 11) is 3.23. The summed E-state index contributed by atoms with van der Waals surface area (Å²) in [5, 5.41) is 0.867. The second-order valence-electron chi connectivity index (χ2n) is 7.83. The van der Waals surface area contributed by atoms with Gasteiger partial charge in [-0.3, -0.25) is 4.98 Å². The van der Waals surface area contributed by atoms with Gasteiger partial charge in [-0.1, -0.05) is 12.1 Å². The van der Waals surface area contributed by atoms with E-state index >= 15 is 0 Å². The maximum absolute atomic E-state index is 6.17. The van der Waals surface area contributed by atoms with Crippen molar-refractivity contribution >= 4 is 22.7 Å². The Balaban J connectivity index is 1.29. The van der Waals surface area contributed by atoms with Crippen LogP contribution in [0, 0.1) is 6.92 Å². The smallest absolute Gasteiger partial charge is 0.162 e. The maximum atomic E-state index is 6.17. The van der Waals surface area contributed by atoms with Crippen LogP contribution in [0.1, 0.15) is 18.4 Å². The average Bonchev–Trinajstić information content (AvgIpc) is 2.86. The molecule has 0 spiro atoms. The fraction of sp³-hybridized carbons (Fsp3) is 0.250. The third-order valence-corrected chi connectivity index (χ3v) is 6.42. The molecule has 3 aromatic carbocycles. The lowest BCUT2D eigenvalue weighted by atomic mass is 10.2. The van der Waals surface area contributed by atoms with Gasteiger partial charge >= 0.3 is 0 Å². The lowest BCUT2D eigenvalue weighted by Crippen LogP contribution is -1.98. The highest BCUT2D eigenvalue weighted by Crippen LogP contribution is 2.37. The van der Waals surface area contributed by atoms with Crippen LogP contribution in [0.3, 0.4) is 0 Å². The average molecular weight is 476 g/mol.